The van der Waals surface area contributed by atoms with Gasteiger partial charge in [0, 0.05) is 13.3 Å². The highest BCUT2D eigenvalue weighted by molar-refractivity contribution is 6.30. The van der Waals surface area contributed by atoms with E-state index in [1.165, 1.54) is 16.8 Å². The Hall–Kier alpha value is -2.58. The molecule has 0 atom stereocenters. The highest BCUT2D eigenvalue weighted by Crippen LogP contribution is 2.18. The molecule has 124 valence electrons. The summed E-state index contributed by atoms with van der Waals surface area (Å²) in [6.45, 7) is 0.520. The summed E-state index contributed by atoms with van der Waals surface area (Å²) in [6.07, 6.45) is 3.25. The summed E-state index contributed by atoms with van der Waals surface area (Å²) in [5.41, 5.74) is 1.88. The van der Waals surface area contributed by atoms with E-state index in [4.69, 9.17) is 21.1 Å². The van der Waals surface area contributed by atoms with Crippen LogP contribution in [0.5, 0.6) is 6.01 Å². The maximum Gasteiger partial charge on any atom is 0.317 e. The monoisotopic (exact) mass is 349 g/mol. The number of nitrogens with zero attached hydrogens (tertiary/aromatic N) is 5. The summed E-state index contributed by atoms with van der Waals surface area (Å²) >= 11 is 5.76. The predicted octanol–water partition coefficient (Wildman–Crippen LogP) is 2.58. The Kier molecular flexibility index (Phi) is 4.97. The van der Waals surface area contributed by atoms with Gasteiger partial charge in [-0.05, 0) is 24.3 Å². The fraction of sp³-hybridized carbons (Fsp3) is 0.200. The van der Waals surface area contributed by atoms with E-state index in [0.29, 0.717) is 23.7 Å². The lowest BCUT2D eigenvalue weighted by Gasteiger charge is -2.03. The molecule has 3 rings (SSSR count). The molecule has 0 aliphatic heterocycles. The molecule has 0 saturated heterocycles. The third-order valence-corrected chi connectivity index (χ3v) is 3.33. The Morgan fingerprint density at radius 1 is 1.21 bits per heavy atom. The number of benzene rings is 1. The van der Waals surface area contributed by atoms with Gasteiger partial charge in [0.25, 0.3) is 0 Å². The molecular formula is C15H13ClFN5O2. The zero-order chi connectivity index (χ0) is 16.9. The first-order chi connectivity index (χ1) is 11.7. The molecule has 24 heavy (non-hydrogen) atoms. The van der Waals surface area contributed by atoms with Crippen molar-refractivity contribution in [1.29, 1.82) is 0 Å². The van der Waals surface area contributed by atoms with Gasteiger partial charge in [-0.1, -0.05) is 16.8 Å². The molecule has 0 N–H and O–H groups in total. The van der Waals surface area contributed by atoms with Crippen molar-refractivity contribution in [2.24, 2.45) is 0 Å². The first kappa shape index (κ1) is 16.3. The van der Waals surface area contributed by atoms with Gasteiger partial charge >= 0.3 is 6.01 Å². The Bertz CT molecular complexity index is 842. The standard InChI is InChI=1S/C15H13ClFN5O2/c1-23-8-10-4-5-18-15(19-10)24-9-11-7-22(21-20-11)12-2-3-14(17)13(16)6-12/h2-7H,8-9H2,1H3. The van der Waals surface area contributed by atoms with Crippen LogP contribution in [0.4, 0.5) is 4.39 Å². The second-order valence-electron chi connectivity index (χ2n) is 4.81. The maximum atomic E-state index is 13.2. The molecule has 0 unspecified atom stereocenters. The molecule has 0 amide bonds. The van der Waals surface area contributed by atoms with Crippen LogP contribution in [-0.4, -0.2) is 32.1 Å². The molecule has 9 heteroatoms. The molecule has 0 aliphatic rings. The van der Waals surface area contributed by atoms with Crippen LogP contribution in [0.3, 0.4) is 0 Å². The van der Waals surface area contributed by atoms with Crippen LogP contribution in [-0.2, 0) is 18.0 Å². The van der Waals surface area contributed by atoms with E-state index < -0.39 is 5.82 Å². The van der Waals surface area contributed by atoms with Gasteiger partial charge in [-0.25, -0.2) is 14.1 Å². The topological polar surface area (TPSA) is 75.0 Å². The van der Waals surface area contributed by atoms with Crippen molar-refractivity contribution in [2.45, 2.75) is 13.2 Å². The highest BCUT2D eigenvalue weighted by Gasteiger charge is 2.08. The first-order valence-corrected chi connectivity index (χ1v) is 7.34. The van der Waals surface area contributed by atoms with E-state index in [0.717, 1.165) is 0 Å². The fourth-order valence-electron chi connectivity index (χ4n) is 1.93. The molecule has 0 aliphatic carbocycles. The van der Waals surface area contributed by atoms with Gasteiger partial charge in [0.2, 0.25) is 0 Å². The SMILES string of the molecule is COCc1ccnc(OCc2cn(-c3ccc(F)c(Cl)c3)nn2)n1. The molecule has 1 aromatic carbocycles. The second-order valence-corrected chi connectivity index (χ2v) is 5.21. The van der Waals surface area contributed by atoms with E-state index in [9.17, 15) is 4.39 Å². The Morgan fingerprint density at radius 3 is 2.88 bits per heavy atom. The van der Waals surface area contributed by atoms with E-state index in [2.05, 4.69) is 20.3 Å². The molecule has 0 spiro atoms. The van der Waals surface area contributed by atoms with E-state index in [-0.39, 0.29) is 17.6 Å². The summed E-state index contributed by atoms with van der Waals surface area (Å²) in [6, 6.07) is 6.25. The normalized spacial score (nSPS) is 10.8. The van der Waals surface area contributed by atoms with Gasteiger partial charge in [0.15, 0.2) is 0 Å². The number of ether oxygens (including phenoxy) is 2. The molecule has 2 heterocycles. The van der Waals surface area contributed by atoms with E-state index in [1.807, 2.05) is 0 Å². The van der Waals surface area contributed by atoms with Crippen molar-refractivity contribution >= 4 is 11.6 Å². The first-order valence-electron chi connectivity index (χ1n) is 6.96. The van der Waals surface area contributed by atoms with Crippen LogP contribution in [0.1, 0.15) is 11.4 Å². The van der Waals surface area contributed by atoms with Gasteiger partial charge in [-0.15, -0.1) is 5.10 Å². The van der Waals surface area contributed by atoms with Crippen molar-refractivity contribution in [3.63, 3.8) is 0 Å². The molecule has 7 nitrogen and oxygen atoms in total. The lowest BCUT2D eigenvalue weighted by Crippen LogP contribution is -2.02. The summed E-state index contributed by atoms with van der Waals surface area (Å²) in [5.74, 6) is -0.489. The van der Waals surface area contributed by atoms with Crippen LogP contribution in [0, 0.1) is 5.82 Å². The van der Waals surface area contributed by atoms with Crippen LogP contribution in [0.2, 0.25) is 5.02 Å². The van der Waals surface area contributed by atoms with E-state index in [1.54, 1.807) is 31.6 Å². The van der Waals surface area contributed by atoms with Crippen LogP contribution in [0.25, 0.3) is 5.69 Å². The second kappa shape index (κ2) is 7.33. The lowest BCUT2D eigenvalue weighted by atomic mass is 10.3. The van der Waals surface area contributed by atoms with Gasteiger partial charge in [-0.3, -0.25) is 0 Å². The van der Waals surface area contributed by atoms with Crippen LogP contribution >= 0.6 is 11.6 Å². The smallest absolute Gasteiger partial charge is 0.317 e. The largest absolute Gasteiger partial charge is 0.457 e. The summed E-state index contributed by atoms with van der Waals surface area (Å²) in [7, 11) is 1.59. The fourth-order valence-corrected chi connectivity index (χ4v) is 2.11. The van der Waals surface area contributed by atoms with Crippen molar-refractivity contribution in [3.05, 3.63) is 58.9 Å². The molecule has 0 saturated carbocycles. The van der Waals surface area contributed by atoms with Crippen molar-refractivity contribution in [1.82, 2.24) is 25.0 Å². The zero-order valence-corrected chi connectivity index (χ0v) is 13.4. The Balaban J connectivity index is 1.68. The van der Waals surface area contributed by atoms with Crippen LogP contribution < -0.4 is 4.74 Å². The van der Waals surface area contributed by atoms with Gasteiger partial charge in [0.05, 0.1) is 29.2 Å². The van der Waals surface area contributed by atoms with Gasteiger partial charge in [0.1, 0.15) is 18.1 Å². The molecule has 0 fully saturated rings. The van der Waals surface area contributed by atoms with Gasteiger partial charge in [-0.2, -0.15) is 4.98 Å². The van der Waals surface area contributed by atoms with Crippen LogP contribution in [0.15, 0.2) is 36.7 Å². The molecule has 3 aromatic rings. The van der Waals surface area contributed by atoms with Gasteiger partial charge < -0.3 is 9.47 Å². The zero-order valence-electron chi connectivity index (χ0n) is 12.7. The third kappa shape index (κ3) is 3.84. The predicted molar refractivity (Wildman–Crippen MR) is 83.4 cm³/mol. The minimum Gasteiger partial charge on any atom is -0.457 e. The lowest BCUT2D eigenvalue weighted by molar-refractivity contribution is 0.179. The molecule has 0 bridgehead atoms. The third-order valence-electron chi connectivity index (χ3n) is 3.04. The maximum absolute atomic E-state index is 13.2. The molecule has 2 aromatic heterocycles. The quantitative estimate of drug-likeness (QED) is 0.681. The summed E-state index contributed by atoms with van der Waals surface area (Å²) in [5, 5.41) is 7.97. The minimum absolute atomic E-state index is 0.0177. The highest BCUT2D eigenvalue weighted by atomic mass is 35.5. The number of hydrogen-bond acceptors (Lipinski definition) is 6. The summed E-state index contributed by atoms with van der Waals surface area (Å²) in [4.78, 5) is 8.21. The Morgan fingerprint density at radius 2 is 2.08 bits per heavy atom. The Labute approximate surface area is 142 Å². The number of aromatic nitrogens is 5. The number of halogens is 2. The molecular weight excluding hydrogens is 337 g/mol. The van der Waals surface area contributed by atoms with Crippen molar-refractivity contribution < 1.29 is 13.9 Å². The molecule has 0 radical (unpaired) electrons. The van der Waals surface area contributed by atoms with Crippen molar-refractivity contribution in [3.8, 4) is 11.7 Å². The van der Waals surface area contributed by atoms with E-state index >= 15 is 0 Å². The minimum atomic E-state index is -0.489. The number of methoxy groups -OCH3 is 1. The average molecular weight is 350 g/mol. The average Bonchev–Trinajstić information content (AvgIpc) is 3.05. The summed E-state index contributed by atoms with van der Waals surface area (Å²) < 4.78 is 25.2. The number of hydrogen-bond donors (Lipinski definition) is 0. The number of rotatable bonds is 6. The van der Waals surface area contributed by atoms with Crippen molar-refractivity contribution in [2.75, 3.05) is 7.11 Å².